The largest absolute Gasteiger partial charge is 0.481 e. The number of ketones is 1. The first kappa shape index (κ1) is 46.9. The normalized spacial score (nSPS) is 13.6. The van der Waals surface area contributed by atoms with Crippen LogP contribution in [-0.2, 0) is 47.9 Å². The van der Waals surface area contributed by atoms with Crippen LogP contribution in [-0.4, -0.2) is 123 Å². The molecule has 20 nitrogen and oxygen atoms in total. The molecule has 0 spiro atoms. The first-order chi connectivity index (χ1) is 24.3. The smallest absolute Gasteiger partial charge is 0.326 e. The highest BCUT2D eigenvalue weighted by atomic mass is 16.4. The van der Waals surface area contributed by atoms with Crippen LogP contribution < -0.4 is 31.9 Å². The van der Waals surface area contributed by atoms with Crippen molar-refractivity contribution in [3.8, 4) is 0 Å². The minimum Gasteiger partial charge on any atom is -0.481 e. The van der Waals surface area contributed by atoms with Crippen molar-refractivity contribution in [2.24, 2.45) is 0 Å². The van der Waals surface area contributed by atoms with Crippen molar-refractivity contribution in [2.45, 2.75) is 128 Å². The molecule has 5 amide bonds. The number of likely N-dealkylation sites (N-methyl/N-ethyl adjacent to an activating group) is 1. The highest BCUT2D eigenvalue weighted by molar-refractivity contribution is 5.86. The monoisotopic (exact) mass is 744 g/mol. The number of hydrogen-bond donors (Lipinski definition) is 10. The summed E-state index contributed by atoms with van der Waals surface area (Å²) in [5, 5.41) is 52.0. The van der Waals surface area contributed by atoms with Gasteiger partial charge in [-0.3, -0.25) is 38.4 Å². The molecule has 0 aromatic carbocycles. The van der Waals surface area contributed by atoms with Gasteiger partial charge in [-0.25, -0.2) is 9.59 Å². The van der Waals surface area contributed by atoms with E-state index in [0.717, 1.165) is 6.92 Å². The van der Waals surface area contributed by atoms with Gasteiger partial charge < -0.3 is 52.3 Å². The lowest BCUT2D eigenvalue weighted by molar-refractivity contribution is -0.142. The number of hydrogen-bond acceptors (Lipinski definition) is 11. The molecule has 0 saturated carbocycles. The number of carboxylic acid groups (broad SMARTS) is 4. The number of nitrogens with one attached hydrogen (secondary N) is 6. The molecule has 5 atom stereocenters. The van der Waals surface area contributed by atoms with E-state index in [0.29, 0.717) is 25.8 Å². The lowest BCUT2D eigenvalue weighted by Gasteiger charge is -2.20. The van der Waals surface area contributed by atoms with Crippen LogP contribution >= 0.6 is 0 Å². The number of carboxylic acids is 4. The summed E-state index contributed by atoms with van der Waals surface area (Å²) in [4.78, 5) is 118. The maximum absolute atomic E-state index is 12.6. The fourth-order valence-corrected chi connectivity index (χ4v) is 5.00. The molecule has 0 rings (SSSR count). The van der Waals surface area contributed by atoms with Crippen molar-refractivity contribution in [1.82, 2.24) is 31.9 Å². The van der Waals surface area contributed by atoms with Gasteiger partial charge in [-0.15, -0.1) is 0 Å². The maximum Gasteiger partial charge on any atom is 0.326 e. The van der Waals surface area contributed by atoms with E-state index in [1.54, 1.807) is 7.05 Å². The molecular weight excluding hydrogens is 692 g/mol. The molecule has 0 aliphatic heterocycles. The van der Waals surface area contributed by atoms with Gasteiger partial charge in [-0.1, -0.05) is 0 Å². The zero-order valence-corrected chi connectivity index (χ0v) is 29.7. The third-order valence-corrected chi connectivity index (χ3v) is 7.72. The molecule has 0 unspecified atom stereocenters. The van der Waals surface area contributed by atoms with Crippen molar-refractivity contribution < 1.29 is 68.4 Å². The molecule has 0 aromatic heterocycles. The van der Waals surface area contributed by atoms with E-state index >= 15 is 0 Å². The Labute approximate surface area is 300 Å². The van der Waals surface area contributed by atoms with Crippen LogP contribution in [0, 0.1) is 0 Å². The van der Waals surface area contributed by atoms with E-state index in [-0.39, 0.29) is 56.3 Å². The Morgan fingerprint density at radius 1 is 0.500 bits per heavy atom. The number of aliphatic carboxylic acids is 4. The van der Waals surface area contributed by atoms with Gasteiger partial charge in [-0.2, -0.15) is 0 Å². The summed E-state index contributed by atoms with van der Waals surface area (Å²) < 4.78 is 0. The molecular formula is C32H52N6O14. The highest BCUT2D eigenvalue weighted by Crippen LogP contribution is 2.09. The molecule has 0 bridgehead atoms. The number of rotatable bonds is 29. The molecule has 52 heavy (non-hydrogen) atoms. The average Bonchev–Trinajstić information content (AvgIpc) is 3.03. The molecule has 0 aromatic rings. The minimum absolute atomic E-state index is 0.0131. The second kappa shape index (κ2) is 25.8. The summed E-state index contributed by atoms with van der Waals surface area (Å²) in [6.45, 7) is 2.93. The van der Waals surface area contributed by atoms with Crippen molar-refractivity contribution in [1.29, 1.82) is 0 Å². The number of amides is 5. The van der Waals surface area contributed by atoms with Crippen LogP contribution in [0.1, 0.15) is 97.3 Å². The van der Waals surface area contributed by atoms with Crippen LogP contribution in [0.25, 0.3) is 0 Å². The van der Waals surface area contributed by atoms with Crippen LogP contribution in [0.3, 0.4) is 0 Å². The van der Waals surface area contributed by atoms with Gasteiger partial charge in [0.2, 0.25) is 29.5 Å². The van der Waals surface area contributed by atoms with Crippen LogP contribution in [0.4, 0.5) is 0 Å². The molecule has 0 aliphatic rings. The fourth-order valence-electron chi connectivity index (χ4n) is 5.00. The van der Waals surface area contributed by atoms with Gasteiger partial charge >= 0.3 is 23.9 Å². The SMILES string of the molecule is CN[C@@H](CCCCNC(=O)CC[C@@H](CC(=O)O)NC(=O)CC[C@H](NC(=O)CC[C@@H](CC(=O)O)NC(=O)CC[C@H](NC(C)=O)C(=O)O)C(=O)O)C(C)=O. The number of carbonyl (C=O) groups is 10. The van der Waals surface area contributed by atoms with E-state index in [9.17, 15) is 63.3 Å². The van der Waals surface area contributed by atoms with Gasteiger partial charge in [0, 0.05) is 51.2 Å². The van der Waals surface area contributed by atoms with E-state index in [1.165, 1.54) is 6.92 Å². The van der Waals surface area contributed by atoms with Gasteiger partial charge in [-0.05, 0) is 58.9 Å². The quantitative estimate of drug-likeness (QED) is 0.0396. The third-order valence-electron chi connectivity index (χ3n) is 7.72. The highest BCUT2D eigenvalue weighted by Gasteiger charge is 2.25. The van der Waals surface area contributed by atoms with Gasteiger partial charge in [0.05, 0.1) is 18.9 Å². The molecule has 0 heterocycles. The molecule has 0 saturated heterocycles. The number of carbonyl (C=O) groups excluding carboxylic acids is 6. The van der Waals surface area contributed by atoms with Crippen LogP contribution in [0.2, 0.25) is 0 Å². The fraction of sp³-hybridized carbons (Fsp3) is 0.688. The lowest BCUT2D eigenvalue weighted by atomic mass is 10.0. The average molecular weight is 745 g/mol. The van der Waals surface area contributed by atoms with Crippen molar-refractivity contribution in [3.63, 3.8) is 0 Å². The Bertz CT molecular complexity index is 1280. The first-order valence-electron chi connectivity index (χ1n) is 16.8. The lowest BCUT2D eigenvalue weighted by Crippen LogP contribution is -2.44. The molecule has 10 N–H and O–H groups in total. The van der Waals surface area contributed by atoms with E-state index in [2.05, 4.69) is 31.9 Å². The molecule has 20 heteroatoms. The van der Waals surface area contributed by atoms with Crippen LogP contribution in [0.15, 0.2) is 0 Å². The molecule has 0 aliphatic carbocycles. The van der Waals surface area contributed by atoms with Crippen molar-refractivity contribution in [2.75, 3.05) is 13.6 Å². The second-order valence-electron chi connectivity index (χ2n) is 12.2. The first-order valence-corrected chi connectivity index (χ1v) is 16.8. The topological polar surface area (TPSA) is 324 Å². The second-order valence-corrected chi connectivity index (χ2v) is 12.2. The zero-order chi connectivity index (χ0) is 39.8. The number of Topliss-reactive ketones (excluding diaryl/α,β-unsaturated/α-hetero) is 1. The van der Waals surface area contributed by atoms with E-state index in [1.807, 2.05) is 0 Å². The van der Waals surface area contributed by atoms with E-state index in [4.69, 9.17) is 5.11 Å². The number of unbranched alkanes of at least 4 members (excludes halogenated alkanes) is 1. The Balaban J connectivity index is 4.93. The van der Waals surface area contributed by atoms with Crippen molar-refractivity contribution >= 4 is 59.2 Å². The zero-order valence-electron chi connectivity index (χ0n) is 29.7. The third kappa shape index (κ3) is 23.3. The molecule has 0 radical (unpaired) electrons. The molecule has 294 valence electrons. The van der Waals surface area contributed by atoms with Crippen molar-refractivity contribution in [3.05, 3.63) is 0 Å². The Morgan fingerprint density at radius 3 is 1.33 bits per heavy atom. The summed E-state index contributed by atoms with van der Waals surface area (Å²) in [5.74, 6) is -8.67. The van der Waals surface area contributed by atoms with Gasteiger partial charge in [0.25, 0.3) is 0 Å². The molecule has 0 fully saturated rings. The Kier molecular flexibility index (Phi) is 23.2. The Morgan fingerprint density at radius 2 is 0.923 bits per heavy atom. The van der Waals surface area contributed by atoms with E-state index < -0.39 is 97.4 Å². The van der Waals surface area contributed by atoms with Gasteiger partial charge in [0.15, 0.2) is 0 Å². The summed E-state index contributed by atoms with van der Waals surface area (Å²) in [6, 6.07) is -5.18. The summed E-state index contributed by atoms with van der Waals surface area (Å²) in [7, 11) is 1.68. The standard InChI is InChI=1S/C32H52N6O14/c1-18(39)22(33-3)6-4-5-15-34-25(41)11-7-20(16-29(45)46)36-27(43)14-10-24(32(51)52)38-28(44)12-8-21(17-30(47)48)37-26(42)13-9-23(31(49)50)35-19(2)40/h20-24,33H,4-17H2,1-3H3,(H,34,41)(H,35,40)(H,36,43)(H,37,42)(H,38,44)(H,45,46)(H,47,48)(H,49,50)(H,51,52)/t20-,21-,22-,23-,24-/m0/s1. The van der Waals surface area contributed by atoms with Gasteiger partial charge in [0.1, 0.15) is 17.9 Å². The predicted octanol–water partition coefficient (Wildman–Crippen LogP) is -1.35. The predicted molar refractivity (Wildman–Crippen MR) is 180 cm³/mol. The summed E-state index contributed by atoms with van der Waals surface area (Å²) in [5.41, 5.74) is 0. The summed E-state index contributed by atoms with van der Waals surface area (Å²) >= 11 is 0. The maximum atomic E-state index is 12.6. The Hall–Kier alpha value is -5.14. The minimum atomic E-state index is -1.55. The van der Waals surface area contributed by atoms with Crippen LogP contribution in [0.5, 0.6) is 0 Å². The summed E-state index contributed by atoms with van der Waals surface area (Å²) in [6.07, 6.45) is -1.45.